The van der Waals surface area contributed by atoms with Crippen molar-refractivity contribution in [2.45, 2.75) is 19.1 Å². The highest BCUT2D eigenvalue weighted by atomic mass is 35.5. The van der Waals surface area contributed by atoms with Crippen molar-refractivity contribution < 1.29 is 9.53 Å². The molecule has 1 fully saturated rings. The highest BCUT2D eigenvalue weighted by molar-refractivity contribution is 6.61. The SMILES string of the molecule is Cl.O=C(Cl)OC(c1ccccc1)N1CCCC1. The summed E-state index contributed by atoms with van der Waals surface area (Å²) in [5, 5.41) is 0. The van der Waals surface area contributed by atoms with Gasteiger partial charge >= 0.3 is 5.43 Å². The molecule has 1 heterocycles. The summed E-state index contributed by atoms with van der Waals surface area (Å²) in [5.74, 6) is 0. The second-order valence-corrected chi connectivity index (χ2v) is 4.17. The molecular weight excluding hydrogens is 261 g/mol. The van der Waals surface area contributed by atoms with E-state index in [0.717, 1.165) is 31.5 Å². The summed E-state index contributed by atoms with van der Waals surface area (Å²) in [4.78, 5) is 13.0. The first-order chi connectivity index (χ1) is 7.77. The van der Waals surface area contributed by atoms with Crippen LogP contribution in [0.4, 0.5) is 4.79 Å². The van der Waals surface area contributed by atoms with Crippen LogP contribution in [0.3, 0.4) is 0 Å². The molecular formula is C12H15Cl2NO2. The van der Waals surface area contributed by atoms with Crippen LogP contribution in [0.1, 0.15) is 24.6 Å². The lowest BCUT2D eigenvalue weighted by Gasteiger charge is -2.26. The molecule has 0 aliphatic carbocycles. The summed E-state index contributed by atoms with van der Waals surface area (Å²) in [6, 6.07) is 9.69. The largest absolute Gasteiger partial charge is 0.430 e. The number of halogens is 2. The van der Waals surface area contributed by atoms with Gasteiger partial charge < -0.3 is 4.74 Å². The molecule has 0 spiro atoms. The van der Waals surface area contributed by atoms with E-state index in [1.165, 1.54) is 0 Å². The number of hydrogen-bond donors (Lipinski definition) is 0. The minimum absolute atomic E-state index is 0. The Morgan fingerprint density at radius 1 is 1.24 bits per heavy atom. The van der Waals surface area contributed by atoms with Gasteiger partial charge in [0, 0.05) is 30.3 Å². The maximum atomic E-state index is 10.9. The Morgan fingerprint density at radius 3 is 2.35 bits per heavy atom. The molecule has 1 saturated heterocycles. The molecule has 1 aromatic rings. The molecule has 0 aromatic heterocycles. The molecule has 0 N–H and O–H groups in total. The lowest BCUT2D eigenvalue weighted by atomic mass is 10.2. The Morgan fingerprint density at radius 2 is 1.82 bits per heavy atom. The molecule has 17 heavy (non-hydrogen) atoms. The van der Waals surface area contributed by atoms with Gasteiger partial charge in [0.05, 0.1) is 0 Å². The third kappa shape index (κ3) is 3.87. The first-order valence-electron chi connectivity index (χ1n) is 5.42. The van der Waals surface area contributed by atoms with Crippen molar-refractivity contribution >= 4 is 29.4 Å². The summed E-state index contributed by atoms with van der Waals surface area (Å²) >= 11 is 5.31. The van der Waals surface area contributed by atoms with Crippen LogP contribution in [-0.4, -0.2) is 23.4 Å². The van der Waals surface area contributed by atoms with Crippen molar-refractivity contribution in [1.82, 2.24) is 4.90 Å². The molecule has 1 aliphatic rings. The van der Waals surface area contributed by atoms with Crippen molar-refractivity contribution in [2.24, 2.45) is 0 Å². The molecule has 2 rings (SSSR count). The lowest BCUT2D eigenvalue weighted by molar-refractivity contribution is 0.0101. The number of carbonyl (C=O) groups is 1. The summed E-state index contributed by atoms with van der Waals surface area (Å²) in [6.45, 7) is 1.90. The van der Waals surface area contributed by atoms with Crippen molar-refractivity contribution in [2.75, 3.05) is 13.1 Å². The zero-order valence-corrected chi connectivity index (χ0v) is 10.9. The zero-order chi connectivity index (χ0) is 11.4. The van der Waals surface area contributed by atoms with E-state index in [9.17, 15) is 4.79 Å². The maximum absolute atomic E-state index is 10.9. The number of hydrogen-bond acceptors (Lipinski definition) is 3. The molecule has 5 heteroatoms. The van der Waals surface area contributed by atoms with Gasteiger partial charge in [-0.25, -0.2) is 4.79 Å². The van der Waals surface area contributed by atoms with Crippen LogP contribution in [0.5, 0.6) is 0 Å². The Balaban J connectivity index is 0.00000144. The third-order valence-electron chi connectivity index (χ3n) is 2.76. The van der Waals surface area contributed by atoms with Crippen LogP contribution in [-0.2, 0) is 4.74 Å². The fourth-order valence-corrected chi connectivity index (χ4v) is 2.12. The van der Waals surface area contributed by atoms with Crippen LogP contribution in [0.15, 0.2) is 30.3 Å². The number of rotatable bonds is 3. The summed E-state index contributed by atoms with van der Waals surface area (Å²) in [5.41, 5.74) is 0.221. The van der Waals surface area contributed by atoms with E-state index < -0.39 is 5.43 Å². The highest BCUT2D eigenvalue weighted by Gasteiger charge is 2.25. The van der Waals surface area contributed by atoms with Gasteiger partial charge in [0.2, 0.25) is 0 Å². The predicted octanol–water partition coefficient (Wildman–Crippen LogP) is 3.58. The van der Waals surface area contributed by atoms with E-state index in [2.05, 4.69) is 4.90 Å². The molecule has 0 saturated carbocycles. The minimum Gasteiger partial charge on any atom is -0.430 e. The molecule has 0 bridgehead atoms. The summed E-state index contributed by atoms with van der Waals surface area (Å²) in [6.07, 6.45) is 1.94. The number of carbonyl (C=O) groups excluding carboxylic acids is 1. The van der Waals surface area contributed by atoms with Crippen LogP contribution in [0.2, 0.25) is 0 Å². The van der Waals surface area contributed by atoms with E-state index >= 15 is 0 Å². The molecule has 0 radical (unpaired) electrons. The van der Waals surface area contributed by atoms with Gasteiger partial charge in [0.15, 0.2) is 6.23 Å². The normalized spacial score (nSPS) is 17.2. The van der Waals surface area contributed by atoms with Crippen LogP contribution < -0.4 is 0 Å². The first kappa shape index (κ1) is 14.3. The molecule has 1 unspecified atom stereocenters. The second kappa shape index (κ2) is 6.84. The monoisotopic (exact) mass is 275 g/mol. The highest BCUT2D eigenvalue weighted by Crippen LogP contribution is 2.26. The third-order valence-corrected chi connectivity index (χ3v) is 2.85. The Labute approximate surface area is 112 Å². The van der Waals surface area contributed by atoms with E-state index in [1.54, 1.807) is 0 Å². The topological polar surface area (TPSA) is 29.5 Å². The first-order valence-corrected chi connectivity index (χ1v) is 5.80. The van der Waals surface area contributed by atoms with Gasteiger partial charge in [-0.15, -0.1) is 12.4 Å². The van der Waals surface area contributed by atoms with Crippen molar-refractivity contribution in [3.63, 3.8) is 0 Å². The molecule has 1 atom stereocenters. The van der Waals surface area contributed by atoms with Crippen LogP contribution >= 0.6 is 24.0 Å². The summed E-state index contributed by atoms with van der Waals surface area (Å²) in [7, 11) is 0. The van der Waals surface area contributed by atoms with E-state index in [0.29, 0.717) is 0 Å². The minimum atomic E-state index is -0.749. The molecule has 1 aliphatic heterocycles. The Bertz CT molecular complexity index is 353. The van der Waals surface area contributed by atoms with Gasteiger partial charge in [-0.1, -0.05) is 30.3 Å². The number of benzene rings is 1. The molecule has 0 amide bonds. The second-order valence-electron chi connectivity index (χ2n) is 3.86. The fourth-order valence-electron chi connectivity index (χ4n) is 2.03. The standard InChI is InChI=1S/C12H14ClNO2.ClH/c13-12(15)16-11(14-8-4-5-9-14)10-6-2-1-3-7-10;/h1-3,6-7,11H,4-5,8-9H2;1H. The Kier molecular flexibility index (Phi) is 5.75. The van der Waals surface area contributed by atoms with Gasteiger partial charge in [-0.3, -0.25) is 4.90 Å². The van der Waals surface area contributed by atoms with Crippen molar-refractivity contribution in [3.05, 3.63) is 35.9 Å². The quantitative estimate of drug-likeness (QED) is 0.790. The average molecular weight is 276 g/mol. The lowest BCUT2D eigenvalue weighted by Crippen LogP contribution is -2.28. The fraction of sp³-hybridized carbons (Fsp3) is 0.417. The van der Waals surface area contributed by atoms with Crippen molar-refractivity contribution in [1.29, 1.82) is 0 Å². The van der Waals surface area contributed by atoms with Crippen molar-refractivity contribution in [3.8, 4) is 0 Å². The average Bonchev–Trinajstić information content (AvgIpc) is 2.80. The van der Waals surface area contributed by atoms with E-state index in [1.807, 2.05) is 30.3 Å². The van der Waals surface area contributed by atoms with E-state index in [-0.39, 0.29) is 18.6 Å². The van der Waals surface area contributed by atoms with Crippen LogP contribution in [0, 0.1) is 0 Å². The molecule has 1 aromatic carbocycles. The van der Waals surface area contributed by atoms with E-state index in [4.69, 9.17) is 16.3 Å². The van der Waals surface area contributed by atoms with Gasteiger partial charge in [0.1, 0.15) is 0 Å². The Hall–Kier alpha value is -0.770. The zero-order valence-electron chi connectivity index (χ0n) is 9.34. The van der Waals surface area contributed by atoms with Crippen LogP contribution in [0.25, 0.3) is 0 Å². The smallest absolute Gasteiger partial charge is 0.405 e. The van der Waals surface area contributed by atoms with Gasteiger partial charge in [-0.05, 0) is 12.8 Å². The van der Waals surface area contributed by atoms with Gasteiger partial charge in [-0.2, -0.15) is 0 Å². The molecule has 3 nitrogen and oxygen atoms in total. The number of likely N-dealkylation sites (tertiary alicyclic amines) is 1. The predicted molar refractivity (Wildman–Crippen MR) is 69.6 cm³/mol. The molecule has 94 valence electrons. The number of nitrogens with zero attached hydrogens (tertiary/aromatic N) is 1. The van der Waals surface area contributed by atoms with Gasteiger partial charge in [0.25, 0.3) is 0 Å². The summed E-state index contributed by atoms with van der Waals surface area (Å²) < 4.78 is 5.17. The maximum Gasteiger partial charge on any atom is 0.405 e. The number of ether oxygens (including phenoxy) is 1.